The van der Waals surface area contributed by atoms with Crippen LogP contribution in [0.15, 0.2) is 12.3 Å². The molecule has 0 aliphatic rings. The summed E-state index contributed by atoms with van der Waals surface area (Å²) in [5, 5.41) is 9.22. The number of carbonyl (C=O) groups is 1. The number of rotatable bonds is 2. The molecule has 0 unspecified atom stereocenters. The van der Waals surface area contributed by atoms with E-state index in [-0.39, 0.29) is 6.42 Å². The number of hydrogen-bond donors (Lipinski definition) is 1. The van der Waals surface area contributed by atoms with Gasteiger partial charge in [-0.1, -0.05) is 0 Å². The van der Waals surface area contributed by atoms with Crippen molar-refractivity contribution >= 4 is 27.5 Å². The average molecular weight is 208 g/mol. The van der Waals surface area contributed by atoms with Crippen LogP contribution >= 0.6 is 11.3 Å². The Labute approximate surface area is 84.2 Å². The van der Waals surface area contributed by atoms with E-state index in [9.17, 15) is 4.79 Å². The Balaban J connectivity index is 2.46. The van der Waals surface area contributed by atoms with Gasteiger partial charge in [0.05, 0.1) is 16.6 Å². The Hall–Kier alpha value is -1.49. The fourth-order valence-corrected chi connectivity index (χ4v) is 2.10. The zero-order valence-corrected chi connectivity index (χ0v) is 8.34. The van der Waals surface area contributed by atoms with Crippen LogP contribution in [0.5, 0.6) is 0 Å². The lowest BCUT2D eigenvalue weighted by molar-refractivity contribution is -0.136. The molecule has 2 aromatic rings. The number of nitrogens with zero attached hydrogens (tertiary/aromatic N) is 2. The van der Waals surface area contributed by atoms with Crippen molar-refractivity contribution in [2.24, 2.45) is 0 Å². The number of aromatic nitrogens is 2. The second-order valence-electron chi connectivity index (χ2n) is 2.97. The Kier molecular flexibility index (Phi) is 2.17. The van der Waals surface area contributed by atoms with Crippen LogP contribution in [-0.2, 0) is 11.2 Å². The van der Waals surface area contributed by atoms with Crippen LogP contribution in [0.1, 0.15) is 10.7 Å². The lowest BCUT2D eigenvalue weighted by Crippen LogP contribution is -1.98. The molecule has 0 spiro atoms. The van der Waals surface area contributed by atoms with Crippen molar-refractivity contribution < 1.29 is 9.90 Å². The summed E-state index contributed by atoms with van der Waals surface area (Å²) in [6, 6.07) is 1.86. The maximum absolute atomic E-state index is 10.5. The topological polar surface area (TPSA) is 63.1 Å². The molecular formula is C9H8N2O2S. The number of carboxylic acid groups (broad SMARTS) is 1. The molecule has 0 aromatic carbocycles. The highest BCUT2D eigenvalue weighted by Crippen LogP contribution is 2.21. The summed E-state index contributed by atoms with van der Waals surface area (Å²) in [6.07, 6.45) is 1.71. The van der Waals surface area contributed by atoms with Gasteiger partial charge in [-0.2, -0.15) is 0 Å². The lowest BCUT2D eigenvalue weighted by Gasteiger charge is -1.88. The van der Waals surface area contributed by atoms with Gasteiger partial charge in [-0.3, -0.25) is 9.78 Å². The maximum atomic E-state index is 10.5. The van der Waals surface area contributed by atoms with E-state index in [1.165, 1.54) is 11.3 Å². The first kappa shape index (κ1) is 9.08. The molecule has 0 aliphatic carbocycles. The zero-order chi connectivity index (χ0) is 10.1. The van der Waals surface area contributed by atoms with Crippen molar-refractivity contribution in [3.63, 3.8) is 0 Å². The van der Waals surface area contributed by atoms with Crippen LogP contribution in [0, 0.1) is 6.92 Å². The largest absolute Gasteiger partial charge is 0.481 e. The van der Waals surface area contributed by atoms with Gasteiger partial charge in [0, 0.05) is 11.9 Å². The van der Waals surface area contributed by atoms with Gasteiger partial charge < -0.3 is 5.11 Å². The molecule has 2 aromatic heterocycles. The maximum Gasteiger partial charge on any atom is 0.310 e. The molecule has 14 heavy (non-hydrogen) atoms. The molecule has 0 saturated carbocycles. The Morgan fingerprint density at radius 2 is 2.43 bits per heavy atom. The highest BCUT2D eigenvalue weighted by atomic mass is 32.1. The molecule has 1 N–H and O–H groups in total. The van der Waals surface area contributed by atoms with Crippen LogP contribution in [0.3, 0.4) is 0 Å². The molecule has 0 fully saturated rings. The minimum atomic E-state index is -0.853. The summed E-state index contributed by atoms with van der Waals surface area (Å²) >= 11 is 1.38. The lowest BCUT2D eigenvalue weighted by atomic mass is 10.3. The number of aliphatic carboxylic acids is 1. The molecule has 72 valence electrons. The third-order valence-electron chi connectivity index (χ3n) is 1.76. The van der Waals surface area contributed by atoms with E-state index in [4.69, 9.17) is 5.11 Å². The van der Waals surface area contributed by atoms with E-state index in [2.05, 4.69) is 9.97 Å². The summed E-state index contributed by atoms with van der Waals surface area (Å²) in [4.78, 5) is 18.8. The molecule has 0 atom stereocenters. The molecule has 0 bridgehead atoms. The summed E-state index contributed by atoms with van der Waals surface area (Å²) in [6.45, 7) is 1.88. The van der Waals surface area contributed by atoms with Crippen LogP contribution in [-0.4, -0.2) is 21.0 Å². The molecule has 4 nitrogen and oxygen atoms in total. The highest BCUT2D eigenvalue weighted by molar-refractivity contribution is 7.18. The van der Waals surface area contributed by atoms with E-state index in [0.29, 0.717) is 5.01 Å². The first-order chi connectivity index (χ1) is 6.65. The molecular weight excluding hydrogens is 200 g/mol. The number of pyridine rings is 1. The molecule has 5 heteroatoms. The summed E-state index contributed by atoms with van der Waals surface area (Å²) in [5.74, 6) is -0.853. The number of fused-ring (bicyclic) bond motifs is 1. The Morgan fingerprint density at radius 3 is 3.14 bits per heavy atom. The minimum absolute atomic E-state index is 0.0155. The Morgan fingerprint density at radius 1 is 1.64 bits per heavy atom. The van der Waals surface area contributed by atoms with Gasteiger partial charge in [-0.15, -0.1) is 11.3 Å². The number of aryl methyl sites for hydroxylation is 1. The second-order valence-corrected chi connectivity index (χ2v) is 4.09. The van der Waals surface area contributed by atoms with Gasteiger partial charge in [0.1, 0.15) is 5.01 Å². The van der Waals surface area contributed by atoms with Crippen LogP contribution in [0.4, 0.5) is 0 Å². The van der Waals surface area contributed by atoms with Crippen molar-refractivity contribution in [2.75, 3.05) is 0 Å². The van der Waals surface area contributed by atoms with Gasteiger partial charge in [0.25, 0.3) is 0 Å². The van der Waals surface area contributed by atoms with Gasteiger partial charge in [-0.05, 0) is 13.0 Å². The quantitative estimate of drug-likeness (QED) is 0.814. The summed E-state index contributed by atoms with van der Waals surface area (Å²) in [5.41, 5.74) is 1.73. The smallest absolute Gasteiger partial charge is 0.310 e. The number of hydrogen-bond acceptors (Lipinski definition) is 4. The minimum Gasteiger partial charge on any atom is -0.481 e. The van der Waals surface area contributed by atoms with Crippen LogP contribution in [0.25, 0.3) is 10.2 Å². The fourth-order valence-electron chi connectivity index (χ4n) is 1.19. The van der Waals surface area contributed by atoms with E-state index in [0.717, 1.165) is 15.9 Å². The van der Waals surface area contributed by atoms with E-state index >= 15 is 0 Å². The van der Waals surface area contributed by atoms with Gasteiger partial charge in [0.15, 0.2) is 0 Å². The predicted molar refractivity (Wildman–Crippen MR) is 53.5 cm³/mol. The van der Waals surface area contributed by atoms with Crippen LogP contribution < -0.4 is 0 Å². The highest BCUT2D eigenvalue weighted by Gasteiger charge is 2.07. The Bertz CT molecular complexity index is 493. The van der Waals surface area contributed by atoms with Crippen molar-refractivity contribution in [1.29, 1.82) is 0 Å². The van der Waals surface area contributed by atoms with E-state index in [1.54, 1.807) is 6.20 Å². The normalized spacial score (nSPS) is 10.6. The molecule has 2 rings (SSSR count). The van der Waals surface area contributed by atoms with Crippen molar-refractivity contribution in [2.45, 2.75) is 13.3 Å². The standard InChI is InChI=1S/C9H8N2O2S/c1-5-2-6-7(4-10-5)14-8(11-6)3-9(12)13/h2,4H,3H2,1H3,(H,12,13). The molecule has 0 radical (unpaired) electrons. The molecule has 0 amide bonds. The summed E-state index contributed by atoms with van der Waals surface area (Å²) in [7, 11) is 0. The predicted octanol–water partition coefficient (Wildman–Crippen LogP) is 1.63. The SMILES string of the molecule is Cc1cc2nc(CC(=O)O)sc2cn1. The van der Waals surface area contributed by atoms with E-state index in [1.807, 2.05) is 13.0 Å². The fraction of sp³-hybridized carbons (Fsp3) is 0.222. The first-order valence-electron chi connectivity index (χ1n) is 4.09. The van der Waals surface area contributed by atoms with Gasteiger partial charge in [0.2, 0.25) is 0 Å². The van der Waals surface area contributed by atoms with E-state index < -0.39 is 5.97 Å². The first-order valence-corrected chi connectivity index (χ1v) is 4.90. The zero-order valence-electron chi connectivity index (χ0n) is 7.52. The third-order valence-corrected chi connectivity index (χ3v) is 2.76. The third kappa shape index (κ3) is 1.72. The molecule has 0 aliphatic heterocycles. The molecule has 2 heterocycles. The second kappa shape index (κ2) is 3.34. The van der Waals surface area contributed by atoms with Crippen molar-refractivity contribution in [1.82, 2.24) is 9.97 Å². The molecule has 0 saturated heterocycles. The van der Waals surface area contributed by atoms with Crippen molar-refractivity contribution in [3.05, 3.63) is 23.0 Å². The van der Waals surface area contributed by atoms with Gasteiger partial charge in [-0.25, -0.2) is 4.98 Å². The number of thiazole rings is 1. The van der Waals surface area contributed by atoms with Crippen LogP contribution in [0.2, 0.25) is 0 Å². The summed E-state index contributed by atoms with van der Waals surface area (Å²) < 4.78 is 0.937. The van der Waals surface area contributed by atoms with Crippen molar-refractivity contribution in [3.8, 4) is 0 Å². The van der Waals surface area contributed by atoms with Gasteiger partial charge >= 0.3 is 5.97 Å². The number of carboxylic acids is 1. The average Bonchev–Trinajstić information content (AvgIpc) is 2.44. The monoisotopic (exact) mass is 208 g/mol.